The molecular formula is C11H20N2S. The number of rotatable bonds is 6. The minimum atomic E-state index is 0.624. The molecule has 1 saturated carbocycles. The van der Waals surface area contributed by atoms with Crippen LogP contribution in [0.2, 0.25) is 0 Å². The topological polar surface area (TPSA) is 27.0 Å². The van der Waals surface area contributed by atoms with Gasteiger partial charge in [0.25, 0.3) is 0 Å². The molecule has 0 aromatic rings. The van der Waals surface area contributed by atoms with Crippen LogP contribution in [0.1, 0.15) is 32.1 Å². The second kappa shape index (κ2) is 7.14. The minimum Gasteiger partial charge on any atom is -0.288 e. The molecule has 0 unspecified atom stereocenters. The second-order valence-corrected chi connectivity index (χ2v) is 4.90. The molecule has 0 N–H and O–H groups in total. The van der Waals surface area contributed by atoms with Gasteiger partial charge in [0.15, 0.2) is 0 Å². The molecule has 0 radical (unpaired) electrons. The van der Waals surface area contributed by atoms with Gasteiger partial charge in [0.1, 0.15) is 0 Å². The Morgan fingerprint density at radius 2 is 2.14 bits per heavy atom. The fraction of sp³-hybridized carbons (Fsp3) is 0.909. The summed E-state index contributed by atoms with van der Waals surface area (Å²) < 4.78 is 0. The molecule has 1 fully saturated rings. The largest absolute Gasteiger partial charge is 0.288 e. The van der Waals surface area contributed by atoms with E-state index >= 15 is 0 Å². The van der Waals surface area contributed by atoms with Crippen molar-refractivity contribution in [2.45, 2.75) is 38.1 Å². The molecule has 0 saturated heterocycles. The number of hydrogen-bond acceptors (Lipinski definition) is 3. The van der Waals surface area contributed by atoms with Crippen LogP contribution in [0.25, 0.3) is 0 Å². The highest BCUT2D eigenvalue weighted by Gasteiger charge is 2.21. The van der Waals surface area contributed by atoms with E-state index in [9.17, 15) is 0 Å². The first kappa shape index (κ1) is 11.9. The Bertz CT molecular complexity index is 182. The summed E-state index contributed by atoms with van der Waals surface area (Å²) in [6.45, 7) is 1.73. The van der Waals surface area contributed by atoms with Crippen LogP contribution in [0.3, 0.4) is 0 Å². The van der Waals surface area contributed by atoms with Gasteiger partial charge in [-0.15, -0.1) is 0 Å². The van der Waals surface area contributed by atoms with Crippen LogP contribution in [0.4, 0.5) is 0 Å². The third-order valence-corrected chi connectivity index (χ3v) is 3.61. The van der Waals surface area contributed by atoms with E-state index in [4.69, 9.17) is 5.26 Å². The number of hydrogen-bond donors (Lipinski definition) is 0. The number of nitrogens with zero attached hydrogens (tertiary/aromatic N) is 2. The van der Waals surface area contributed by atoms with Gasteiger partial charge in [-0.05, 0) is 31.3 Å². The molecule has 0 heterocycles. The van der Waals surface area contributed by atoms with Gasteiger partial charge in [-0.1, -0.05) is 12.8 Å². The average molecular weight is 212 g/mol. The first-order valence-corrected chi connectivity index (χ1v) is 6.88. The van der Waals surface area contributed by atoms with Crippen molar-refractivity contribution in [3.8, 4) is 6.07 Å². The van der Waals surface area contributed by atoms with Crippen LogP contribution in [0, 0.1) is 11.3 Å². The lowest BCUT2D eigenvalue weighted by molar-refractivity contribution is 0.224. The van der Waals surface area contributed by atoms with E-state index in [1.165, 1.54) is 37.9 Å². The molecule has 0 aromatic carbocycles. The lowest BCUT2D eigenvalue weighted by Crippen LogP contribution is -2.34. The molecule has 80 valence electrons. The molecule has 0 spiro atoms. The minimum absolute atomic E-state index is 0.624. The summed E-state index contributed by atoms with van der Waals surface area (Å²) in [6.07, 6.45) is 8.69. The Hall–Kier alpha value is -0.200. The molecule has 14 heavy (non-hydrogen) atoms. The highest BCUT2D eigenvalue weighted by atomic mass is 32.2. The van der Waals surface area contributed by atoms with Crippen LogP contribution >= 0.6 is 11.8 Å². The van der Waals surface area contributed by atoms with Crippen molar-refractivity contribution in [3.63, 3.8) is 0 Å². The van der Waals surface area contributed by atoms with Crippen LogP contribution in [0.5, 0.6) is 0 Å². The van der Waals surface area contributed by atoms with Gasteiger partial charge < -0.3 is 0 Å². The summed E-state index contributed by atoms with van der Waals surface area (Å²) in [5.74, 6) is 1.22. The van der Waals surface area contributed by atoms with E-state index < -0.39 is 0 Å². The molecule has 0 aliphatic heterocycles. The van der Waals surface area contributed by atoms with Crippen molar-refractivity contribution in [2.24, 2.45) is 0 Å². The molecule has 0 amide bonds. The van der Waals surface area contributed by atoms with Crippen molar-refractivity contribution in [1.82, 2.24) is 4.90 Å². The number of nitriles is 1. The quantitative estimate of drug-likeness (QED) is 0.500. The Morgan fingerprint density at radius 3 is 2.71 bits per heavy atom. The lowest BCUT2D eigenvalue weighted by atomic mass is 10.2. The Balaban J connectivity index is 2.26. The van der Waals surface area contributed by atoms with Gasteiger partial charge in [0.05, 0.1) is 12.6 Å². The zero-order valence-corrected chi connectivity index (χ0v) is 9.85. The number of thioether (sulfide) groups is 1. The molecule has 0 aromatic heterocycles. The molecule has 0 bridgehead atoms. The normalized spacial score (nSPS) is 17.5. The fourth-order valence-corrected chi connectivity index (χ4v) is 2.58. The summed E-state index contributed by atoms with van der Waals surface area (Å²) in [4.78, 5) is 2.38. The predicted octanol–water partition coefficient (Wildman–Crippen LogP) is 2.51. The van der Waals surface area contributed by atoms with E-state index in [-0.39, 0.29) is 0 Å². The van der Waals surface area contributed by atoms with E-state index in [2.05, 4.69) is 17.2 Å². The van der Waals surface area contributed by atoms with Crippen LogP contribution in [0.15, 0.2) is 0 Å². The first-order valence-electron chi connectivity index (χ1n) is 5.48. The molecule has 0 atom stereocenters. The molecule has 2 nitrogen and oxygen atoms in total. The van der Waals surface area contributed by atoms with Gasteiger partial charge in [0, 0.05) is 12.6 Å². The van der Waals surface area contributed by atoms with E-state index in [1.54, 1.807) is 0 Å². The molecule has 1 aliphatic carbocycles. The van der Waals surface area contributed by atoms with Crippen molar-refractivity contribution in [2.75, 3.05) is 25.1 Å². The lowest BCUT2D eigenvalue weighted by Gasteiger charge is -2.25. The van der Waals surface area contributed by atoms with Crippen molar-refractivity contribution in [1.29, 1.82) is 5.26 Å². The summed E-state index contributed by atoms with van der Waals surface area (Å²) in [6, 6.07) is 3.00. The molecule has 1 aliphatic rings. The van der Waals surface area contributed by atoms with E-state index in [0.717, 1.165) is 6.54 Å². The van der Waals surface area contributed by atoms with Crippen LogP contribution in [-0.2, 0) is 0 Å². The fourth-order valence-electron chi connectivity index (χ4n) is 2.16. The average Bonchev–Trinajstić information content (AvgIpc) is 2.70. The van der Waals surface area contributed by atoms with Gasteiger partial charge in [-0.25, -0.2) is 0 Å². The highest BCUT2D eigenvalue weighted by Crippen LogP contribution is 2.23. The van der Waals surface area contributed by atoms with Crippen LogP contribution < -0.4 is 0 Å². The smallest absolute Gasteiger partial charge is 0.0868 e. The Labute approximate surface area is 91.7 Å². The second-order valence-electron chi connectivity index (χ2n) is 3.91. The third kappa shape index (κ3) is 3.89. The first-order chi connectivity index (χ1) is 6.88. The molecule has 3 heteroatoms. The zero-order chi connectivity index (χ0) is 10.2. The van der Waals surface area contributed by atoms with Crippen molar-refractivity contribution in [3.05, 3.63) is 0 Å². The zero-order valence-electron chi connectivity index (χ0n) is 9.04. The summed E-state index contributed by atoms with van der Waals surface area (Å²) >= 11 is 1.89. The standard InChI is InChI=1S/C11H20N2S/c1-14-10-4-8-13(9-7-12)11-5-2-3-6-11/h11H,2-6,8-10H2,1H3. The van der Waals surface area contributed by atoms with Gasteiger partial charge in [-0.2, -0.15) is 17.0 Å². The maximum Gasteiger partial charge on any atom is 0.0868 e. The maximum absolute atomic E-state index is 8.76. The van der Waals surface area contributed by atoms with Crippen molar-refractivity contribution < 1.29 is 0 Å². The predicted molar refractivity (Wildman–Crippen MR) is 62.4 cm³/mol. The third-order valence-electron chi connectivity index (χ3n) is 2.91. The Kier molecular flexibility index (Phi) is 6.05. The highest BCUT2D eigenvalue weighted by molar-refractivity contribution is 7.98. The maximum atomic E-state index is 8.76. The van der Waals surface area contributed by atoms with Crippen LogP contribution in [-0.4, -0.2) is 36.0 Å². The summed E-state index contributed by atoms with van der Waals surface area (Å²) in [7, 11) is 0. The summed E-state index contributed by atoms with van der Waals surface area (Å²) in [5.41, 5.74) is 0. The SMILES string of the molecule is CSCCCN(CC#N)C1CCCC1. The summed E-state index contributed by atoms with van der Waals surface area (Å²) in [5, 5.41) is 8.76. The molecule has 1 rings (SSSR count). The van der Waals surface area contributed by atoms with E-state index in [0.29, 0.717) is 12.6 Å². The Morgan fingerprint density at radius 1 is 1.43 bits per heavy atom. The van der Waals surface area contributed by atoms with Gasteiger partial charge in [0.2, 0.25) is 0 Å². The van der Waals surface area contributed by atoms with E-state index in [1.807, 2.05) is 11.8 Å². The molecular weight excluding hydrogens is 192 g/mol. The van der Waals surface area contributed by atoms with Crippen molar-refractivity contribution >= 4 is 11.8 Å². The van der Waals surface area contributed by atoms with Gasteiger partial charge >= 0.3 is 0 Å². The monoisotopic (exact) mass is 212 g/mol. The van der Waals surface area contributed by atoms with Gasteiger partial charge in [-0.3, -0.25) is 4.90 Å².